The Balaban J connectivity index is 1.92. The molecule has 1 aliphatic heterocycles. The molecule has 1 heterocycles. The van der Waals surface area contributed by atoms with E-state index in [0.717, 1.165) is 30.9 Å². The summed E-state index contributed by atoms with van der Waals surface area (Å²) in [7, 11) is 1.31. The van der Waals surface area contributed by atoms with Crippen molar-refractivity contribution in [3.63, 3.8) is 0 Å². The molecule has 1 aromatic rings. The van der Waals surface area contributed by atoms with Crippen molar-refractivity contribution in [2.24, 2.45) is 10.1 Å². The third-order valence-electron chi connectivity index (χ3n) is 2.82. The van der Waals surface area contributed by atoms with E-state index in [1.54, 1.807) is 6.34 Å². The zero-order valence-electron chi connectivity index (χ0n) is 11.4. The van der Waals surface area contributed by atoms with Crippen LogP contribution in [0.5, 0.6) is 0 Å². The number of esters is 1. The van der Waals surface area contributed by atoms with Crippen molar-refractivity contribution in [3.05, 3.63) is 30.3 Å². The average molecular weight is 275 g/mol. The third-order valence-corrected chi connectivity index (χ3v) is 2.82. The molecule has 0 saturated carbocycles. The minimum Gasteiger partial charge on any atom is -0.466 e. The van der Waals surface area contributed by atoms with E-state index in [9.17, 15) is 4.79 Å². The number of para-hydroxylation sites is 1. The summed E-state index contributed by atoms with van der Waals surface area (Å²) in [6, 6.07) is 9.76. The molecule has 1 fully saturated rings. The molecule has 20 heavy (non-hydrogen) atoms. The quantitative estimate of drug-likeness (QED) is 0.356. The minimum absolute atomic E-state index is 0.188. The predicted molar refractivity (Wildman–Crippen MR) is 75.9 cm³/mol. The first kappa shape index (κ1) is 14.0. The molecule has 106 valence electrons. The van der Waals surface area contributed by atoms with Gasteiger partial charge in [-0.2, -0.15) is 0 Å². The Kier molecular flexibility index (Phi) is 5.11. The number of hydrogen-bond acceptors (Lipinski definition) is 5. The number of rotatable bonds is 5. The van der Waals surface area contributed by atoms with Crippen LogP contribution in [0.2, 0.25) is 0 Å². The highest BCUT2D eigenvalue weighted by molar-refractivity contribution is 5.95. The van der Waals surface area contributed by atoms with E-state index in [4.69, 9.17) is 4.84 Å². The number of carbonyl (C=O) groups is 1. The first-order chi connectivity index (χ1) is 9.79. The van der Waals surface area contributed by atoms with Gasteiger partial charge in [-0.05, 0) is 18.6 Å². The Bertz CT molecular complexity index is 500. The molecule has 0 atom stereocenters. The SMILES string of the molecule is COC(=O)CO/N=C/N1CCCC1=Nc1ccccc1. The van der Waals surface area contributed by atoms with Crippen molar-refractivity contribution < 1.29 is 14.4 Å². The summed E-state index contributed by atoms with van der Waals surface area (Å²) in [6.45, 7) is 0.656. The van der Waals surface area contributed by atoms with Crippen LogP contribution in [-0.4, -0.2) is 43.3 Å². The highest BCUT2D eigenvalue weighted by Crippen LogP contribution is 2.16. The zero-order valence-corrected chi connectivity index (χ0v) is 11.4. The van der Waals surface area contributed by atoms with Gasteiger partial charge in [-0.15, -0.1) is 0 Å². The lowest BCUT2D eigenvalue weighted by atomic mass is 10.3. The van der Waals surface area contributed by atoms with Crippen molar-refractivity contribution in [1.29, 1.82) is 0 Å². The molecule has 1 saturated heterocycles. The van der Waals surface area contributed by atoms with E-state index in [1.165, 1.54) is 7.11 Å². The van der Waals surface area contributed by atoms with Gasteiger partial charge in [0.25, 0.3) is 0 Å². The van der Waals surface area contributed by atoms with Gasteiger partial charge < -0.3 is 14.5 Å². The second kappa shape index (κ2) is 7.28. The van der Waals surface area contributed by atoms with Crippen molar-refractivity contribution in [1.82, 2.24) is 4.90 Å². The normalized spacial score (nSPS) is 16.9. The monoisotopic (exact) mass is 275 g/mol. The van der Waals surface area contributed by atoms with Crippen LogP contribution >= 0.6 is 0 Å². The van der Waals surface area contributed by atoms with Gasteiger partial charge in [-0.25, -0.2) is 9.79 Å². The number of oxime groups is 1. The van der Waals surface area contributed by atoms with Gasteiger partial charge in [0.15, 0.2) is 0 Å². The maximum Gasteiger partial charge on any atom is 0.346 e. The van der Waals surface area contributed by atoms with Gasteiger partial charge >= 0.3 is 5.97 Å². The zero-order chi connectivity index (χ0) is 14.2. The van der Waals surface area contributed by atoms with Crippen molar-refractivity contribution in [2.75, 3.05) is 20.3 Å². The molecular weight excluding hydrogens is 258 g/mol. The third kappa shape index (κ3) is 4.08. The van der Waals surface area contributed by atoms with Gasteiger partial charge in [0.05, 0.1) is 12.8 Å². The molecule has 2 rings (SSSR count). The van der Waals surface area contributed by atoms with Crippen LogP contribution in [0.3, 0.4) is 0 Å². The second-order valence-corrected chi connectivity index (χ2v) is 4.23. The van der Waals surface area contributed by atoms with Gasteiger partial charge in [0.2, 0.25) is 6.61 Å². The van der Waals surface area contributed by atoms with Crippen LogP contribution in [0.15, 0.2) is 40.5 Å². The molecule has 0 aliphatic carbocycles. The number of benzene rings is 1. The second-order valence-electron chi connectivity index (χ2n) is 4.23. The van der Waals surface area contributed by atoms with Gasteiger partial charge in [-0.1, -0.05) is 23.4 Å². The number of ether oxygens (including phenoxy) is 1. The average Bonchev–Trinajstić information content (AvgIpc) is 2.91. The molecule has 1 aromatic carbocycles. The molecule has 0 aromatic heterocycles. The molecule has 6 nitrogen and oxygen atoms in total. The predicted octanol–water partition coefficient (Wildman–Crippen LogP) is 1.95. The molecule has 1 aliphatic rings. The van der Waals surface area contributed by atoms with Crippen LogP contribution in [0, 0.1) is 0 Å². The fourth-order valence-electron chi connectivity index (χ4n) is 1.82. The number of aliphatic imine (C=N–C) groups is 1. The van der Waals surface area contributed by atoms with Crippen LogP contribution in [0.4, 0.5) is 5.69 Å². The smallest absolute Gasteiger partial charge is 0.346 e. The first-order valence-corrected chi connectivity index (χ1v) is 6.41. The van der Waals surface area contributed by atoms with Crippen LogP contribution in [-0.2, 0) is 14.4 Å². The number of hydrogen-bond donors (Lipinski definition) is 0. The van der Waals surface area contributed by atoms with Gasteiger partial charge in [0.1, 0.15) is 12.2 Å². The summed E-state index contributed by atoms with van der Waals surface area (Å²) in [4.78, 5) is 22.2. The Morgan fingerprint density at radius 3 is 2.95 bits per heavy atom. The van der Waals surface area contributed by atoms with E-state index < -0.39 is 5.97 Å². The summed E-state index contributed by atoms with van der Waals surface area (Å²) in [5.74, 6) is 0.489. The number of amidine groups is 1. The number of carbonyl (C=O) groups excluding carboxylic acids is 1. The lowest BCUT2D eigenvalue weighted by molar-refractivity contribution is -0.145. The molecule has 0 spiro atoms. The van der Waals surface area contributed by atoms with E-state index in [1.807, 2.05) is 35.2 Å². The number of methoxy groups -OCH3 is 1. The molecule has 0 unspecified atom stereocenters. The summed E-state index contributed by atoms with van der Waals surface area (Å²) < 4.78 is 4.45. The largest absolute Gasteiger partial charge is 0.466 e. The van der Waals surface area contributed by atoms with Gasteiger partial charge in [0, 0.05) is 13.0 Å². The summed E-state index contributed by atoms with van der Waals surface area (Å²) in [5, 5.41) is 3.75. The maximum absolute atomic E-state index is 10.9. The fourth-order valence-corrected chi connectivity index (χ4v) is 1.82. The fraction of sp³-hybridized carbons (Fsp3) is 0.357. The molecule has 0 bridgehead atoms. The van der Waals surface area contributed by atoms with E-state index >= 15 is 0 Å². The van der Waals surface area contributed by atoms with Crippen LogP contribution in [0.25, 0.3) is 0 Å². The summed E-state index contributed by atoms with van der Waals surface area (Å²) in [6.07, 6.45) is 3.48. The standard InChI is InChI=1S/C14H17N3O3/c1-19-14(18)10-20-15-11-17-9-5-8-13(17)16-12-6-3-2-4-7-12/h2-4,6-7,11H,5,8-10H2,1H3/b15-11+,16-13?. The molecule has 0 N–H and O–H groups in total. The lowest BCUT2D eigenvalue weighted by Crippen LogP contribution is -2.23. The molecule has 0 amide bonds. The van der Waals surface area contributed by atoms with E-state index in [-0.39, 0.29) is 6.61 Å². The van der Waals surface area contributed by atoms with Crippen molar-refractivity contribution >= 4 is 23.8 Å². The molecular formula is C14H17N3O3. The van der Waals surface area contributed by atoms with Crippen LogP contribution in [0.1, 0.15) is 12.8 Å². The Morgan fingerprint density at radius 2 is 2.20 bits per heavy atom. The molecule has 0 radical (unpaired) electrons. The Morgan fingerprint density at radius 1 is 1.40 bits per heavy atom. The molecule has 6 heteroatoms. The first-order valence-electron chi connectivity index (χ1n) is 6.41. The lowest BCUT2D eigenvalue weighted by Gasteiger charge is -2.11. The van der Waals surface area contributed by atoms with Crippen molar-refractivity contribution in [3.8, 4) is 0 Å². The Hall–Kier alpha value is -2.37. The van der Waals surface area contributed by atoms with Crippen molar-refractivity contribution in [2.45, 2.75) is 12.8 Å². The van der Waals surface area contributed by atoms with Crippen LogP contribution < -0.4 is 0 Å². The topological polar surface area (TPSA) is 63.5 Å². The highest BCUT2D eigenvalue weighted by Gasteiger charge is 2.17. The minimum atomic E-state index is -0.457. The number of likely N-dealkylation sites (tertiary alicyclic amines) is 1. The van der Waals surface area contributed by atoms with E-state index in [0.29, 0.717) is 0 Å². The highest BCUT2D eigenvalue weighted by atomic mass is 16.6. The summed E-state index contributed by atoms with van der Waals surface area (Å²) in [5.41, 5.74) is 0.915. The summed E-state index contributed by atoms with van der Waals surface area (Å²) >= 11 is 0. The van der Waals surface area contributed by atoms with Gasteiger partial charge in [-0.3, -0.25) is 0 Å². The Labute approximate surface area is 117 Å². The number of nitrogens with zero attached hydrogens (tertiary/aromatic N) is 3. The maximum atomic E-state index is 10.9. The van der Waals surface area contributed by atoms with E-state index in [2.05, 4.69) is 14.9 Å².